The van der Waals surface area contributed by atoms with E-state index in [1.165, 1.54) is 4.90 Å². The zero-order chi connectivity index (χ0) is 28.2. The van der Waals surface area contributed by atoms with E-state index < -0.39 is 35.7 Å². The van der Waals surface area contributed by atoms with Crippen molar-refractivity contribution < 1.29 is 23.9 Å². The Hall–Kier alpha value is -4.13. The van der Waals surface area contributed by atoms with Crippen molar-refractivity contribution in [3.63, 3.8) is 0 Å². The van der Waals surface area contributed by atoms with Crippen molar-refractivity contribution in [2.75, 3.05) is 13.2 Å². The molecule has 2 saturated heterocycles. The van der Waals surface area contributed by atoms with Crippen LogP contribution in [0.1, 0.15) is 56.3 Å². The van der Waals surface area contributed by atoms with E-state index in [0.717, 1.165) is 27.8 Å². The van der Waals surface area contributed by atoms with Crippen molar-refractivity contribution in [1.82, 2.24) is 9.80 Å². The number of ether oxygens (including phenoxy) is 2. The molecule has 7 nitrogen and oxygen atoms in total. The van der Waals surface area contributed by atoms with Gasteiger partial charge in [-0.3, -0.25) is 9.69 Å². The quantitative estimate of drug-likeness (QED) is 0.407. The molecule has 0 saturated carbocycles. The molecule has 6 rings (SSSR count). The summed E-state index contributed by atoms with van der Waals surface area (Å²) >= 11 is 0. The van der Waals surface area contributed by atoms with Crippen LogP contribution in [-0.2, 0) is 19.1 Å². The minimum Gasteiger partial charge on any atom is -0.462 e. The average molecular weight is 539 g/mol. The number of morpholine rings is 1. The van der Waals surface area contributed by atoms with E-state index in [1.807, 2.05) is 82.3 Å². The van der Waals surface area contributed by atoms with Gasteiger partial charge in [0.25, 0.3) is 0 Å². The first-order valence-corrected chi connectivity index (χ1v) is 13.9. The summed E-state index contributed by atoms with van der Waals surface area (Å²) in [5.41, 5.74) is 4.31. The van der Waals surface area contributed by atoms with E-state index in [9.17, 15) is 14.4 Å². The van der Waals surface area contributed by atoms with Crippen LogP contribution in [0.2, 0.25) is 0 Å². The van der Waals surface area contributed by atoms with Crippen LogP contribution in [-0.4, -0.2) is 58.6 Å². The van der Waals surface area contributed by atoms with Gasteiger partial charge < -0.3 is 14.4 Å². The van der Waals surface area contributed by atoms with Crippen molar-refractivity contribution in [2.45, 2.75) is 57.3 Å². The van der Waals surface area contributed by atoms with Gasteiger partial charge >= 0.3 is 12.1 Å². The smallest absolute Gasteiger partial charge is 0.411 e. The number of rotatable bonds is 4. The molecular weight excluding hydrogens is 504 g/mol. The van der Waals surface area contributed by atoms with E-state index in [2.05, 4.69) is 24.3 Å². The molecule has 3 aromatic rings. The number of fused-ring (bicyclic) bond motifs is 4. The maximum atomic E-state index is 14.2. The summed E-state index contributed by atoms with van der Waals surface area (Å²) in [5, 5.41) is 0. The number of piperazine rings is 1. The van der Waals surface area contributed by atoms with E-state index in [0.29, 0.717) is 0 Å². The minimum absolute atomic E-state index is 0.0803. The Morgan fingerprint density at radius 1 is 0.925 bits per heavy atom. The molecule has 0 radical (unpaired) electrons. The summed E-state index contributed by atoms with van der Waals surface area (Å²) < 4.78 is 11.7. The number of carbonyl (C=O) groups is 3. The number of nitrogens with zero attached hydrogens (tertiary/aromatic N) is 2. The molecule has 3 aliphatic rings. The molecule has 2 fully saturated rings. The summed E-state index contributed by atoms with van der Waals surface area (Å²) in [6, 6.07) is 23.7. The highest BCUT2D eigenvalue weighted by atomic mass is 16.6. The van der Waals surface area contributed by atoms with Crippen LogP contribution in [0, 0.1) is 5.92 Å². The van der Waals surface area contributed by atoms with Crippen LogP contribution in [0.25, 0.3) is 11.1 Å². The Morgan fingerprint density at radius 2 is 1.50 bits per heavy atom. The molecule has 0 unspecified atom stereocenters. The van der Waals surface area contributed by atoms with Crippen LogP contribution in [0.3, 0.4) is 0 Å². The lowest BCUT2D eigenvalue weighted by atomic mass is 9.80. The second-order valence-corrected chi connectivity index (χ2v) is 11.7. The molecule has 3 aromatic carbocycles. The second-order valence-electron chi connectivity index (χ2n) is 11.7. The van der Waals surface area contributed by atoms with Crippen LogP contribution >= 0.6 is 0 Å². The maximum Gasteiger partial charge on any atom is 0.411 e. The third kappa shape index (κ3) is 3.98. The second kappa shape index (κ2) is 9.81. The Labute approximate surface area is 234 Å². The number of esters is 1. The molecule has 1 aliphatic carbocycles. The van der Waals surface area contributed by atoms with Crippen LogP contribution in [0.5, 0.6) is 0 Å². The van der Waals surface area contributed by atoms with Gasteiger partial charge in [-0.2, -0.15) is 0 Å². The van der Waals surface area contributed by atoms with E-state index in [1.54, 1.807) is 4.90 Å². The highest BCUT2D eigenvalue weighted by Crippen LogP contribution is 2.46. The SMILES string of the molecule is CC(C)[C@H]1C(=O)N2[C@H](c3ccccc3)COC(=O)[C@@H]2C(C)(C)N1C(=O)OCC1c2ccccc2-c2ccccc21. The lowest BCUT2D eigenvalue weighted by Crippen LogP contribution is -2.77. The molecule has 0 bridgehead atoms. The summed E-state index contributed by atoms with van der Waals surface area (Å²) in [6.45, 7) is 7.69. The molecule has 206 valence electrons. The number of benzene rings is 3. The van der Waals surface area contributed by atoms with Gasteiger partial charge in [-0.05, 0) is 47.6 Å². The summed E-state index contributed by atoms with van der Waals surface area (Å²) in [7, 11) is 0. The number of hydrogen-bond donors (Lipinski definition) is 0. The largest absolute Gasteiger partial charge is 0.462 e. The third-order valence-electron chi connectivity index (χ3n) is 8.64. The molecule has 2 amide bonds. The summed E-state index contributed by atoms with van der Waals surface area (Å²) in [5.74, 6) is -1.10. The van der Waals surface area contributed by atoms with Crippen molar-refractivity contribution >= 4 is 18.0 Å². The van der Waals surface area contributed by atoms with Crippen molar-refractivity contribution in [2.24, 2.45) is 5.92 Å². The molecule has 40 heavy (non-hydrogen) atoms. The van der Waals surface area contributed by atoms with Gasteiger partial charge in [0, 0.05) is 5.92 Å². The fourth-order valence-corrected chi connectivity index (χ4v) is 6.80. The molecule has 7 heteroatoms. The Morgan fingerprint density at radius 3 is 2.10 bits per heavy atom. The number of amides is 2. The molecule has 0 aromatic heterocycles. The number of hydrogen-bond acceptors (Lipinski definition) is 5. The Kier molecular flexibility index (Phi) is 6.40. The third-order valence-corrected chi connectivity index (χ3v) is 8.64. The van der Waals surface area contributed by atoms with Crippen LogP contribution in [0.4, 0.5) is 4.79 Å². The van der Waals surface area contributed by atoms with Gasteiger partial charge in [0.05, 0.1) is 11.6 Å². The van der Waals surface area contributed by atoms with Gasteiger partial charge in [0.1, 0.15) is 19.3 Å². The predicted molar refractivity (Wildman–Crippen MR) is 150 cm³/mol. The zero-order valence-corrected chi connectivity index (χ0v) is 23.2. The topological polar surface area (TPSA) is 76.2 Å². The molecule has 2 heterocycles. The van der Waals surface area contributed by atoms with Crippen LogP contribution < -0.4 is 0 Å². The maximum absolute atomic E-state index is 14.2. The molecule has 3 atom stereocenters. The monoisotopic (exact) mass is 538 g/mol. The Bertz CT molecular complexity index is 1420. The molecular formula is C33H34N2O5. The van der Waals surface area contributed by atoms with E-state index in [-0.39, 0.29) is 31.0 Å². The van der Waals surface area contributed by atoms with Crippen molar-refractivity contribution in [3.8, 4) is 11.1 Å². The van der Waals surface area contributed by atoms with E-state index >= 15 is 0 Å². The summed E-state index contributed by atoms with van der Waals surface area (Å²) in [4.78, 5) is 44.6. The highest BCUT2D eigenvalue weighted by Gasteiger charge is 2.61. The van der Waals surface area contributed by atoms with Gasteiger partial charge in [-0.25, -0.2) is 9.59 Å². The first kappa shape index (κ1) is 26.1. The first-order valence-electron chi connectivity index (χ1n) is 13.9. The fraction of sp³-hybridized carbons (Fsp3) is 0.364. The van der Waals surface area contributed by atoms with Gasteiger partial charge in [-0.1, -0.05) is 92.7 Å². The van der Waals surface area contributed by atoms with Crippen molar-refractivity contribution in [1.29, 1.82) is 0 Å². The highest BCUT2D eigenvalue weighted by molar-refractivity contribution is 5.95. The van der Waals surface area contributed by atoms with Gasteiger partial charge in [0.2, 0.25) is 5.91 Å². The van der Waals surface area contributed by atoms with E-state index in [4.69, 9.17) is 9.47 Å². The predicted octanol–water partition coefficient (Wildman–Crippen LogP) is 5.55. The van der Waals surface area contributed by atoms with Gasteiger partial charge in [-0.15, -0.1) is 0 Å². The van der Waals surface area contributed by atoms with Crippen LogP contribution in [0.15, 0.2) is 78.9 Å². The fourth-order valence-electron chi connectivity index (χ4n) is 6.80. The first-order chi connectivity index (χ1) is 19.2. The minimum atomic E-state index is -1.07. The lowest BCUT2D eigenvalue weighted by Gasteiger charge is -2.58. The molecule has 2 aliphatic heterocycles. The van der Waals surface area contributed by atoms with Crippen molar-refractivity contribution in [3.05, 3.63) is 95.6 Å². The zero-order valence-electron chi connectivity index (χ0n) is 23.2. The molecule has 0 N–H and O–H groups in total. The summed E-state index contributed by atoms with van der Waals surface area (Å²) in [6.07, 6.45) is -0.604. The Balaban J connectivity index is 1.32. The number of carbonyl (C=O) groups excluding carboxylic acids is 3. The lowest BCUT2D eigenvalue weighted by molar-refractivity contribution is -0.193. The number of cyclic esters (lactones) is 1. The normalized spacial score (nSPS) is 23.4. The van der Waals surface area contributed by atoms with Gasteiger partial charge in [0.15, 0.2) is 6.04 Å². The standard InChI is InChI=1S/C33H34N2O5/c1-20(2)28-30(36)34-27(21-12-6-5-7-13-21)19-39-31(37)29(34)33(3,4)35(28)32(38)40-18-26-24-16-10-8-14-22(24)23-15-9-11-17-25(23)26/h5-17,20,26-29H,18-19H2,1-4H3/t27-,28-,29+/m0/s1. The average Bonchev–Trinajstić information content (AvgIpc) is 3.27. The molecule has 0 spiro atoms.